The Bertz CT molecular complexity index is 701. The van der Waals surface area contributed by atoms with Gasteiger partial charge in [0.15, 0.2) is 0 Å². The van der Waals surface area contributed by atoms with E-state index in [1.807, 2.05) is 17.0 Å². The predicted molar refractivity (Wildman–Crippen MR) is 91.5 cm³/mol. The SMILES string of the molecule is CC(C)CCC(=O)N1C[C@@H](CO)[C@H](c2nc(-c3ccncc3)no2)C1. The van der Waals surface area contributed by atoms with E-state index < -0.39 is 0 Å². The van der Waals surface area contributed by atoms with Crippen LogP contribution in [0.3, 0.4) is 0 Å². The lowest BCUT2D eigenvalue weighted by atomic mass is 9.97. The van der Waals surface area contributed by atoms with Crippen molar-refractivity contribution >= 4 is 5.91 Å². The summed E-state index contributed by atoms with van der Waals surface area (Å²) in [5.74, 6) is 1.40. The van der Waals surface area contributed by atoms with E-state index in [1.165, 1.54) is 0 Å². The van der Waals surface area contributed by atoms with Crippen LogP contribution in [0.1, 0.15) is 38.5 Å². The second-order valence-electron chi connectivity index (χ2n) is 6.97. The van der Waals surface area contributed by atoms with Crippen LogP contribution < -0.4 is 0 Å². The van der Waals surface area contributed by atoms with E-state index in [2.05, 4.69) is 29.0 Å². The normalized spacial score (nSPS) is 20.4. The average molecular weight is 344 g/mol. The zero-order chi connectivity index (χ0) is 17.8. The fourth-order valence-corrected chi connectivity index (χ4v) is 3.11. The third-order valence-corrected chi connectivity index (χ3v) is 4.66. The van der Waals surface area contributed by atoms with Crippen LogP contribution in [0.2, 0.25) is 0 Å². The van der Waals surface area contributed by atoms with Crippen molar-refractivity contribution < 1.29 is 14.4 Å². The first-order valence-corrected chi connectivity index (χ1v) is 8.71. The first kappa shape index (κ1) is 17.5. The number of carbonyl (C=O) groups excluding carboxylic acids is 1. The second-order valence-corrected chi connectivity index (χ2v) is 6.97. The van der Waals surface area contributed by atoms with Crippen LogP contribution in [-0.4, -0.2) is 50.7 Å². The molecule has 3 heterocycles. The van der Waals surface area contributed by atoms with E-state index in [0.717, 1.165) is 12.0 Å². The Morgan fingerprint density at radius 3 is 2.80 bits per heavy atom. The quantitative estimate of drug-likeness (QED) is 0.863. The number of nitrogens with zero attached hydrogens (tertiary/aromatic N) is 4. The first-order valence-electron chi connectivity index (χ1n) is 8.71. The van der Waals surface area contributed by atoms with Crippen LogP contribution in [0.15, 0.2) is 29.0 Å². The highest BCUT2D eigenvalue weighted by Crippen LogP contribution is 2.33. The number of carbonyl (C=O) groups is 1. The molecule has 7 heteroatoms. The minimum atomic E-state index is -0.129. The van der Waals surface area contributed by atoms with Crippen molar-refractivity contribution in [1.29, 1.82) is 0 Å². The molecule has 0 saturated carbocycles. The van der Waals surface area contributed by atoms with Gasteiger partial charge < -0.3 is 14.5 Å². The molecule has 1 fully saturated rings. The first-order chi connectivity index (χ1) is 12.1. The molecule has 7 nitrogen and oxygen atoms in total. The van der Waals surface area contributed by atoms with Gasteiger partial charge in [0.05, 0.1) is 5.92 Å². The van der Waals surface area contributed by atoms with E-state index in [4.69, 9.17) is 4.52 Å². The van der Waals surface area contributed by atoms with Gasteiger partial charge in [-0.3, -0.25) is 9.78 Å². The van der Waals surface area contributed by atoms with E-state index in [-0.39, 0.29) is 24.3 Å². The van der Waals surface area contributed by atoms with E-state index in [1.54, 1.807) is 12.4 Å². The standard InChI is InChI=1S/C18H24N4O3/c1-12(2)3-4-16(24)22-9-14(11-23)15(10-22)18-20-17(21-25-18)13-5-7-19-8-6-13/h5-8,12,14-15,23H,3-4,9-11H2,1-2H3/t14-,15+/m0/s1. The summed E-state index contributed by atoms with van der Waals surface area (Å²) in [4.78, 5) is 22.6. The minimum Gasteiger partial charge on any atom is -0.396 e. The van der Waals surface area contributed by atoms with Gasteiger partial charge in [0.2, 0.25) is 17.6 Å². The number of hydrogen-bond acceptors (Lipinski definition) is 6. The molecule has 1 amide bonds. The molecule has 0 unspecified atom stereocenters. The highest BCUT2D eigenvalue weighted by Gasteiger charge is 2.38. The highest BCUT2D eigenvalue weighted by atomic mass is 16.5. The molecule has 134 valence electrons. The minimum absolute atomic E-state index is 0.00834. The van der Waals surface area contributed by atoms with Crippen molar-refractivity contribution in [3.63, 3.8) is 0 Å². The zero-order valence-corrected chi connectivity index (χ0v) is 14.6. The summed E-state index contributed by atoms with van der Waals surface area (Å²) in [5, 5.41) is 13.7. The maximum atomic E-state index is 12.4. The van der Waals surface area contributed by atoms with Crippen LogP contribution in [0.5, 0.6) is 0 Å². The number of amides is 1. The largest absolute Gasteiger partial charge is 0.396 e. The van der Waals surface area contributed by atoms with Crippen LogP contribution in [0.25, 0.3) is 11.4 Å². The third kappa shape index (κ3) is 4.04. The lowest BCUT2D eigenvalue weighted by Gasteiger charge is -2.16. The van der Waals surface area contributed by atoms with E-state index in [0.29, 0.717) is 37.1 Å². The Morgan fingerprint density at radius 2 is 2.12 bits per heavy atom. The molecule has 2 atom stereocenters. The van der Waals surface area contributed by atoms with Crippen molar-refractivity contribution in [2.75, 3.05) is 19.7 Å². The number of hydrogen-bond donors (Lipinski definition) is 1. The maximum absolute atomic E-state index is 12.4. The summed E-state index contributed by atoms with van der Waals surface area (Å²) in [6.07, 6.45) is 4.75. The van der Waals surface area contributed by atoms with Crippen LogP contribution in [0, 0.1) is 11.8 Å². The lowest BCUT2D eigenvalue weighted by Crippen LogP contribution is -2.29. The molecular weight excluding hydrogens is 320 g/mol. The number of aliphatic hydroxyl groups excluding tert-OH is 1. The summed E-state index contributed by atoms with van der Waals surface area (Å²) in [7, 11) is 0. The Labute approximate surface area is 147 Å². The number of aliphatic hydroxyl groups is 1. The Balaban J connectivity index is 1.71. The summed E-state index contributed by atoms with van der Waals surface area (Å²) in [5.41, 5.74) is 0.827. The molecule has 0 aliphatic carbocycles. The van der Waals surface area contributed by atoms with E-state index in [9.17, 15) is 9.90 Å². The Hall–Kier alpha value is -2.28. The van der Waals surface area contributed by atoms with Gasteiger partial charge in [0.25, 0.3) is 0 Å². The molecule has 1 saturated heterocycles. The number of rotatable bonds is 6. The van der Waals surface area contributed by atoms with Gasteiger partial charge >= 0.3 is 0 Å². The predicted octanol–water partition coefficient (Wildman–Crippen LogP) is 2.10. The molecule has 2 aromatic heterocycles. The lowest BCUT2D eigenvalue weighted by molar-refractivity contribution is -0.130. The van der Waals surface area contributed by atoms with Gasteiger partial charge in [0.1, 0.15) is 0 Å². The maximum Gasteiger partial charge on any atom is 0.232 e. The zero-order valence-electron chi connectivity index (χ0n) is 14.6. The fourth-order valence-electron chi connectivity index (χ4n) is 3.11. The molecule has 1 aliphatic rings. The van der Waals surface area contributed by atoms with Gasteiger partial charge in [-0.2, -0.15) is 4.98 Å². The van der Waals surface area contributed by atoms with Crippen molar-refractivity contribution in [1.82, 2.24) is 20.0 Å². The molecule has 0 aromatic carbocycles. The average Bonchev–Trinajstić information content (AvgIpc) is 3.27. The molecule has 0 bridgehead atoms. The molecule has 0 spiro atoms. The topological polar surface area (TPSA) is 92.4 Å². The molecular formula is C18H24N4O3. The highest BCUT2D eigenvalue weighted by molar-refractivity contribution is 5.76. The fraction of sp³-hybridized carbons (Fsp3) is 0.556. The van der Waals surface area contributed by atoms with Gasteiger partial charge in [-0.25, -0.2) is 0 Å². The Kier molecular flexibility index (Phi) is 5.43. The van der Waals surface area contributed by atoms with Crippen molar-refractivity contribution in [3.05, 3.63) is 30.4 Å². The van der Waals surface area contributed by atoms with Gasteiger partial charge in [-0.05, 0) is 24.5 Å². The number of pyridine rings is 1. The Morgan fingerprint density at radius 1 is 1.36 bits per heavy atom. The molecule has 2 aromatic rings. The van der Waals surface area contributed by atoms with Crippen molar-refractivity contribution in [2.24, 2.45) is 11.8 Å². The number of likely N-dealkylation sites (tertiary alicyclic amines) is 1. The van der Waals surface area contributed by atoms with Gasteiger partial charge in [-0.15, -0.1) is 0 Å². The van der Waals surface area contributed by atoms with Crippen LogP contribution >= 0.6 is 0 Å². The van der Waals surface area contributed by atoms with Gasteiger partial charge in [0, 0.05) is 50.0 Å². The third-order valence-electron chi connectivity index (χ3n) is 4.66. The molecule has 0 radical (unpaired) electrons. The summed E-state index contributed by atoms with van der Waals surface area (Å²) < 4.78 is 5.43. The molecule has 3 rings (SSSR count). The summed E-state index contributed by atoms with van der Waals surface area (Å²) in [6, 6.07) is 3.63. The van der Waals surface area contributed by atoms with Crippen LogP contribution in [-0.2, 0) is 4.79 Å². The van der Waals surface area contributed by atoms with Crippen molar-refractivity contribution in [2.45, 2.75) is 32.6 Å². The molecule has 1 N–H and O–H groups in total. The van der Waals surface area contributed by atoms with Crippen molar-refractivity contribution in [3.8, 4) is 11.4 Å². The second kappa shape index (κ2) is 7.74. The van der Waals surface area contributed by atoms with Gasteiger partial charge in [-0.1, -0.05) is 19.0 Å². The molecule has 25 heavy (non-hydrogen) atoms. The van der Waals surface area contributed by atoms with E-state index >= 15 is 0 Å². The molecule has 1 aliphatic heterocycles. The smallest absolute Gasteiger partial charge is 0.232 e. The van der Waals surface area contributed by atoms with Crippen LogP contribution in [0.4, 0.5) is 0 Å². The number of aromatic nitrogens is 3. The summed E-state index contributed by atoms with van der Waals surface area (Å²) in [6.45, 7) is 5.25. The monoisotopic (exact) mass is 344 g/mol. The summed E-state index contributed by atoms with van der Waals surface area (Å²) >= 11 is 0.